The summed E-state index contributed by atoms with van der Waals surface area (Å²) in [6.45, 7) is 5.40. The number of hydrogen-bond acceptors (Lipinski definition) is 6. The maximum Gasteiger partial charge on any atom is 0.328 e. The molecule has 0 bridgehead atoms. The van der Waals surface area contributed by atoms with Gasteiger partial charge in [0.15, 0.2) is 5.11 Å². The second-order valence-electron chi connectivity index (χ2n) is 8.62. The lowest BCUT2D eigenvalue weighted by atomic mass is 9.98. The maximum absolute atomic E-state index is 13.0. The Labute approximate surface area is 220 Å². The van der Waals surface area contributed by atoms with Gasteiger partial charge >= 0.3 is 5.97 Å². The van der Waals surface area contributed by atoms with Crippen LogP contribution in [0.15, 0.2) is 60.0 Å². The molecule has 0 radical (unpaired) electrons. The molecule has 2 heterocycles. The molecule has 1 unspecified atom stereocenters. The number of rotatable bonds is 7. The summed E-state index contributed by atoms with van der Waals surface area (Å²) in [7, 11) is 0. The number of ether oxygens (including phenoxy) is 1. The van der Waals surface area contributed by atoms with Gasteiger partial charge < -0.3 is 20.3 Å². The molecule has 4 rings (SSSR count). The molecule has 7 nitrogen and oxygen atoms in total. The normalized spacial score (nSPS) is 14.7. The Bertz CT molecular complexity index is 1210. The molecule has 36 heavy (non-hydrogen) atoms. The lowest BCUT2D eigenvalue weighted by molar-refractivity contribution is -0.144. The Kier molecular flexibility index (Phi) is 8.66. The SMILES string of the molecule is CCOC(=O)C(C)NC(=S)N1CCC(c2nc(C(=O)Nc3ccccc3-c3ccccc3)cs2)CC1. The van der Waals surface area contributed by atoms with E-state index in [-0.39, 0.29) is 17.8 Å². The molecule has 1 saturated heterocycles. The highest BCUT2D eigenvalue weighted by atomic mass is 32.1. The molecule has 9 heteroatoms. The topological polar surface area (TPSA) is 83.6 Å². The molecule has 2 N–H and O–H groups in total. The Morgan fingerprint density at radius 1 is 1.14 bits per heavy atom. The van der Waals surface area contributed by atoms with E-state index in [0.717, 1.165) is 47.8 Å². The lowest BCUT2D eigenvalue weighted by Gasteiger charge is -2.33. The van der Waals surface area contributed by atoms with E-state index in [0.29, 0.717) is 17.4 Å². The van der Waals surface area contributed by atoms with Crippen LogP contribution in [0.5, 0.6) is 0 Å². The average Bonchev–Trinajstić information content (AvgIpc) is 3.40. The maximum atomic E-state index is 13.0. The van der Waals surface area contributed by atoms with Gasteiger partial charge in [-0.05, 0) is 50.5 Å². The number of piperidine rings is 1. The van der Waals surface area contributed by atoms with E-state index >= 15 is 0 Å². The summed E-state index contributed by atoms with van der Waals surface area (Å²) in [5, 5.41) is 9.45. The molecular formula is C27H30N4O3S2. The van der Waals surface area contributed by atoms with E-state index in [4.69, 9.17) is 17.0 Å². The van der Waals surface area contributed by atoms with Crippen LogP contribution in [0.2, 0.25) is 0 Å². The fourth-order valence-electron chi connectivity index (χ4n) is 4.16. The first-order valence-corrected chi connectivity index (χ1v) is 13.4. The number of nitrogens with one attached hydrogen (secondary N) is 2. The second kappa shape index (κ2) is 12.1. The highest BCUT2D eigenvalue weighted by Crippen LogP contribution is 2.31. The van der Waals surface area contributed by atoms with Gasteiger partial charge in [-0.3, -0.25) is 4.79 Å². The van der Waals surface area contributed by atoms with Crippen LogP contribution in [0, 0.1) is 0 Å². The van der Waals surface area contributed by atoms with Crippen LogP contribution in [0.25, 0.3) is 11.1 Å². The van der Waals surface area contributed by atoms with E-state index in [1.54, 1.807) is 13.8 Å². The monoisotopic (exact) mass is 522 g/mol. The predicted octanol–water partition coefficient (Wildman–Crippen LogP) is 5.07. The zero-order chi connectivity index (χ0) is 25.5. The first-order chi connectivity index (χ1) is 17.5. The third kappa shape index (κ3) is 6.27. The number of esters is 1. The summed E-state index contributed by atoms with van der Waals surface area (Å²) >= 11 is 7.02. The first kappa shape index (κ1) is 25.8. The number of thiocarbonyl (C=S) groups is 1. The number of anilines is 1. The van der Waals surface area contributed by atoms with Crippen molar-refractivity contribution in [1.29, 1.82) is 0 Å². The van der Waals surface area contributed by atoms with Crippen molar-refractivity contribution in [1.82, 2.24) is 15.2 Å². The molecule has 0 spiro atoms. The smallest absolute Gasteiger partial charge is 0.328 e. The minimum Gasteiger partial charge on any atom is -0.464 e. The van der Waals surface area contributed by atoms with Gasteiger partial charge in [0.05, 0.1) is 11.6 Å². The number of carbonyl (C=O) groups excluding carboxylic acids is 2. The molecule has 1 fully saturated rings. The van der Waals surface area contributed by atoms with Gasteiger partial charge in [-0.15, -0.1) is 11.3 Å². The molecule has 1 amide bonds. The van der Waals surface area contributed by atoms with Crippen molar-refractivity contribution in [3.05, 3.63) is 70.7 Å². The van der Waals surface area contributed by atoms with Crippen molar-refractivity contribution in [3.63, 3.8) is 0 Å². The first-order valence-electron chi connectivity index (χ1n) is 12.1. The van der Waals surface area contributed by atoms with Crippen LogP contribution in [0.1, 0.15) is 48.1 Å². The van der Waals surface area contributed by atoms with E-state index in [9.17, 15) is 9.59 Å². The minimum absolute atomic E-state index is 0.211. The molecule has 2 aromatic carbocycles. The van der Waals surface area contributed by atoms with Crippen LogP contribution < -0.4 is 10.6 Å². The van der Waals surface area contributed by atoms with Crippen molar-refractivity contribution < 1.29 is 14.3 Å². The number of para-hydroxylation sites is 1. The molecule has 1 aliphatic heterocycles. The molecule has 1 aromatic heterocycles. The van der Waals surface area contributed by atoms with Gasteiger partial charge in [0.25, 0.3) is 5.91 Å². The molecule has 3 aromatic rings. The van der Waals surface area contributed by atoms with Crippen molar-refractivity contribution in [2.24, 2.45) is 0 Å². The number of hydrogen-bond donors (Lipinski definition) is 2. The quantitative estimate of drug-likeness (QED) is 0.331. The fraction of sp³-hybridized carbons (Fsp3) is 0.333. The number of aromatic nitrogens is 1. The molecule has 188 valence electrons. The average molecular weight is 523 g/mol. The summed E-state index contributed by atoms with van der Waals surface area (Å²) < 4.78 is 5.04. The summed E-state index contributed by atoms with van der Waals surface area (Å²) in [4.78, 5) is 31.6. The zero-order valence-electron chi connectivity index (χ0n) is 20.4. The largest absolute Gasteiger partial charge is 0.464 e. The molecule has 1 atom stereocenters. The second-order valence-corrected chi connectivity index (χ2v) is 9.90. The van der Waals surface area contributed by atoms with Gasteiger partial charge in [-0.1, -0.05) is 48.5 Å². The summed E-state index contributed by atoms with van der Waals surface area (Å²) in [6, 6.07) is 17.3. The van der Waals surface area contributed by atoms with Crippen molar-refractivity contribution in [2.45, 2.75) is 38.6 Å². The molecule has 0 aliphatic carbocycles. The molecule has 1 aliphatic rings. The van der Waals surface area contributed by atoms with Gasteiger partial charge in [0, 0.05) is 35.6 Å². The zero-order valence-corrected chi connectivity index (χ0v) is 22.0. The Hall–Kier alpha value is -3.30. The number of likely N-dealkylation sites (tertiary alicyclic amines) is 1. The molecule has 0 saturated carbocycles. The Morgan fingerprint density at radius 2 is 1.83 bits per heavy atom. The minimum atomic E-state index is -0.484. The fourth-order valence-corrected chi connectivity index (χ4v) is 5.49. The number of amides is 1. The highest BCUT2D eigenvalue weighted by molar-refractivity contribution is 7.80. The Morgan fingerprint density at radius 3 is 2.56 bits per heavy atom. The van der Waals surface area contributed by atoms with Gasteiger partial charge in [-0.2, -0.15) is 0 Å². The number of thiazole rings is 1. The van der Waals surface area contributed by atoms with Crippen molar-refractivity contribution in [3.8, 4) is 11.1 Å². The third-order valence-electron chi connectivity index (χ3n) is 6.13. The predicted molar refractivity (Wildman–Crippen MR) is 147 cm³/mol. The van der Waals surface area contributed by atoms with Crippen LogP contribution in [-0.4, -0.2) is 52.6 Å². The standard InChI is InChI=1S/C27H30N4O3S2/c1-3-34-26(33)18(2)28-27(35)31-15-13-20(14-16-31)25-30-23(17-36-25)24(32)29-22-12-8-7-11-21(22)19-9-5-4-6-10-19/h4-12,17-18,20H,3,13-16H2,1-2H3,(H,28,35)(H,29,32). The number of carbonyl (C=O) groups is 2. The van der Waals surface area contributed by atoms with Crippen LogP contribution in [0.3, 0.4) is 0 Å². The van der Waals surface area contributed by atoms with E-state index in [1.165, 1.54) is 11.3 Å². The van der Waals surface area contributed by atoms with Gasteiger partial charge in [0.2, 0.25) is 0 Å². The number of nitrogens with zero attached hydrogens (tertiary/aromatic N) is 2. The van der Waals surface area contributed by atoms with Crippen LogP contribution >= 0.6 is 23.6 Å². The molecular weight excluding hydrogens is 492 g/mol. The summed E-state index contributed by atoms with van der Waals surface area (Å²) in [6.07, 6.45) is 1.75. The van der Waals surface area contributed by atoms with E-state index in [1.807, 2.05) is 60.0 Å². The van der Waals surface area contributed by atoms with E-state index in [2.05, 4.69) is 20.5 Å². The van der Waals surface area contributed by atoms with Gasteiger partial charge in [0.1, 0.15) is 11.7 Å². The Balaban J connectivity index is 1.34. The van der Waals surface area contributed by atoms with Crippen molar-refractivity contribution in [2.75, 3.05) is 25.0 Å². The van der Waals surface area contributed by atoms with Crippen molar-refractivity contribution >= 4 is 46.2 Å². The van der Waals surface area contributed by atoms with Crippen LogP contribution in [-0.2, 0) is 9.53 Å². The third-order valence-corrected chi connectivity index (χ3v) is 7.51. The summed E-state index contributed by atoms with van der Waals surface area (Å²) in [5.41, 5.74) is 3.20. The van der Waals surface area contributed by atoms with E-state index < -0.39 is 6.04 Å². The van der Waals surface area contributed by atoms with Gasteiger partial charge in [-0.25, -0.2) is 9.78 Å². The summed E-state index contributed by atoms with van der Waals surface area (Å²) in [5.74, 6) is -0.249. The number of benzene rings is 2. The van der Waals surface area contributed by atoms with Crippen LogP contribution in [0.4, 0.5) is 5.69 Å². The lowest BCUT2D eigenvalue weighted by Crippen LogP contribution is -2.49. The highest BCUT2D eigenvalue weighted by Gasteiger charge is 2.26.